The number of nitrogens with zero attached hydrogens (tertiary/aromatic N) is 1. The topological polar surface area (TPSA) is 59.6 Å². The molecule has 122 valence electrons. The predicted octanol–water partition coefficient (Wildman–Crippen LogP) is 3.41. The fourth-order valence-corrected chi connectivity index (χ4v) is 3.18. The van der Waals surface area contributed by atoms with Gasteiger partial charge in [-0.3, -0.25) is 0 Å². The highest BCUT2D eigenvalue weighted by atomic mass is 127. The Bertz CT molecular complexity index is 514. The summed E-state index contributed by atoms with van der Waals surface area (Å²) in [4.78, 5) is 4.63. The van der Waals surface area contributed by atoms with E-state index < -0.39 is 0 Å². The van der Waals surface area contributed by atoms with Crippen LogP contribution in [0.15, 0.2) is 29.3 Å². The third-order valence-corrected chi connectivity index (χ3v) is 4.37. The number of nitrogens with two attached hydrogens (primary N) is 1. The molecule has 2 fully saturated rings. The summed E-state index contributed by atoms with van der Waals surface area (Å²) in [5.41, 5.74) is 7.34. The van der Waals surface area contributed by atoms with E-state index in [9.17, 15) is 0 Å². The molecule has 4 nitrogen and oxygen atoms in total. The SMILES string of the molecule is CCOc1cccc([C@@H]2C[C@H]2N=C(N)NC2CCCC2)c1.I. The summed E-state index contributed by atoms with van der Waals surface area (Å²) in [7, 11) is 0. The lowest BCUT2D eigenvalue weighted by molar-refractivity contribution is 0.340. The van der Waals surface area contributed by atoms with Gasteiger partial charge in [-0.25, -0.2) is 4.99 Å². The second-order valence-electron chi connectivity index (χ2n) is 6.06. The number of ether oxygens (including phenoxy) is 1. The zero-order valence-corrected chi connectivity index (χ0v) is 15.5. The van der Waals surface area contributed by atoms with Gasteiger partial charge < -0.3 is 15.8 Å². The minimum atomic E-state index is 0. The van der Waals surface area contributed by atoms with E-state index in [-0.39, 0.29) is 24.0 Å². The Kier molecular flexibility index (Phi) is 6.35. The third kappa shape index (κ3) is 4.51. The molecule has 0 spiro atoms. The second-order valence-corrected chi connectivity index (χ2v) is 6.06. The molecular formula is C17H26IN3O. The van der Waals surface area contributed by atoms with E-state index in [2.05, 4.69) is 28.5 Å². The van der Waals surface area contributed by atoms with Crippen LogP contribution in [0.25, 0.3) is 0 Å². The Labute approximate surface area is 149 Å². The Balaban J connectivity index is 0.00000176. The lowest BCUT2D eigenvalue weighted by Gasteiger charge is -2.12. The highest BCUT2D eigenvalue weighted by molar-refractivity contribution is 14.0. The van der Waals surface area contributed by atoms with Gasteiger partial charge in [0.05, 0.1) is 12.6 Å². The van der Waals surface area contributed by atoms with Crippen molar-refractivity contribution in [3.63, 3.8) is 0 Å². The molecule has 2 saturated carbocycles. The van der Waals surface area contributed by atoms with Gasteiger partial charge in [0.1, 0.15) is 5.75 Å². The third-order valence-electron chi connectivity index (χ3n) is 4.37. The van der Waals surface area contributed by atoms with Crippen molar-refractivity contribution >= 4 is 29.9 Å². The summed E-state index contributed by atoms with van der Waals surface area (Å²) in [5.74, 6) is 2.06. The largest absolute Gasteiger partial charge is 0.494 e. The molecule has 2 aliphatic carbocycles. The first kappa shape index (κ1) is 17.4. The van der Waals surface area contributed by atoms with Crippen LogP contribution in [0.3, 0.4) is 0 Å². The predicted molar refractivity (Wildman–Crippen MR) is 101 cm³/mol. The number of nitrogens with one attached hydrogen (secondary N) is 1. The summed E-state index contributed by atoms with van der Waals surface area (Å²) < 4.78 is 5.56. The lowest BCUT2D eigenvalue weighted by atomic mass is 10.1. The minimum absolute atomic E-state index is 0. The van der Waals surface area contributed by atoms with Gasteiger partial charge >= 0.3 is 0 Å². The molecule has 0 bridgehead atoms. The van der Waals surface area contributed by atoms with E-state index >= 15 is 0 Å². The monoisotopic (exact) mass is 415 g/mol. The summed E-state index contributed by atoms with van der Waals surface area (Å²) in [6, 6.07) is 9.21. The Morgan fingerprint density at radius 3 is 2.86 bits per heavy atom. The fourth-order valence-electron chi connectivity index (χ4n) is 3.18. The summed E-state index contributed by atoms with van der Waals surface area (Å²) in [6.45, 7) is 2.71. The Morgan fingerprint density at radius 1 is 1.36 bits per heavy atom. The summed E-state index contributed by atoms with van der Waals surface area (Å²) in [5, 5.41) is 3.36. The summed E-state index contributed by atoms with van der Waals surface area (Å²) in [6.07, 6.45) is 6.15. The molecule has 1 aromatic rings. The molecule has 2 aliphatic rings. The van der Waals surface area contributed by atoms with Gasteiger partial charge in [0.25, 0.3) is 0 Å². The van der Waals surface area contributed by atoms with Crippen LogP contribution in [0.5, 0.6) is 5.75 Å². The molecule has 0 radical (unpaired) electrons. The van der Waals surface area contributed by atoms with E-state index in [1.165, 1.54) is 31.2 Å². The molecule has 2 atom stereocenters. The highest BCUT2D eigenvalue weighted by Crippen LogP contribution is 2.44. The van der Waals surface area contributed by atoms with Crippen molar-refractivity contribution in [3.05, 3.63) is 29.8 Å². The maximum Gasteiger partial charge on any atom is 0.189 e. The van der Waals surface area contributed by atoms with Crippen molar-refractivity contribution < 1.29 is 4.74 Å². The van der Waals surface area contributed by atoms with Gasteiger partial charge in [-0.2, -0.15) is 0 Å². The smallest absolute Gasteiger partial charge is 0.189 e. The molecule has 1 aromatic carbocycles. The van der Waals surface area contributed by atoms with E-state index in [4.69, 9.17) is 10.5 Å². The van der Waals surface area contributed by atoms with Crippen LogP contribution in [0.1, 0.15) is 50.5 Å². The summed E-state index contributed by atoms with van der Waals surface area (Å²) >= 11 is 0. The van der Waals surface area contributed by atoms with Gasteiger partial charge in [0.15, 0.2) is 5.96 Å². The molecule has 0 amide bonds. The zero-order valence-electron chi connectivity index (χ0n) is 13.1. The first-order valence-electron chi connectivity index (χ1n) is 8.09. The van der Waals surface area contributed by atoms with Crippen LogP contribution < -0.4 is 15.8 Å². The maximum absolute atomic E-state index is 6.03. The van der Waals surface area contributed by atoms with E-state index in [1.54, 1.807) is 0 Å². The van der Waals surface area contributed by atoms with Gasteiger partial charge in [0.2, 0.25) is 0 Å². The standard InChI is InChI=1S/C17H25N3O.HI/c1-2-21-14-9-5-6-12(10-14)15-11-16(15)20-17(18)19-13-7-3-4-8-13;/h5-6,9-10,13,15-16H,2-4,7-8,11H2,1H3,(H3,18,19,20);1H/t15-,16+;/m0./s1. The molecule has 0 unspecified atom stereocenters. The van der Waals surface area contributed by atoms with Gasteiger partial charge in [-0.15, -0.1) is 24.0 Å². The van der Waals surface area contributed by atoms with Crippen molar-refractivity contribution in [2.45, 2.75) is 57.0 Å². The fraction of sp³-hybridized carbons (Fsp3) is 0.588. The van der Waals surface area contributed by atoms with Crippen molar-refractivity contribution in [1.29, 1.82) is 0 Å². The van der Waals surface area contributed by atoms with E-state index in [0.29, 0.717) is 30.6 Å². The lowest BCUT2D eigenvalue weighted by Crippen LogP contribution is -2.38. The zero-order chi connectivity index (χ0) is 14.7. The quantitative estimate of drug-likeness (QED) is 0.440. The average molecular weight is 415 g/mol. The van der Waals surface area contributed by atoms with Crippen molar-refractivity contribution in [2.24, 2.45) is 10.7 Å². The number of rotatable bonds is 5. The number of aliphatic imine (C=N–C) groups is 1. The van der Waals surface area contributed by atoms with Crippen molar-refractivity contribution in [2.75, 3.05) is 6.61 Å². The molecule has 0 aromatic heterocycles. The van der Waals surface area contributed by atoms with E-state index in [1.807, 2.05) is 13.0 Å². The molecule has 0 aliphatic heterocycles. The second kappa shape index (κ2) is 8.04. The van der Waals surface area contributed by atoms with Crippen LogP contribution in [-0.4, -0.2) is 24.7 Å². The molecule has 5 heteroatoms. The normalized spacial score (nSPS) is 24.7. The van der Waals surface area contributed by atoms with Crippen LogP contribution in [0, 0.1) is 0 Å². The molecule has 0 saturated heterocycles. The molecule has 0 heterocycles. The molecular weight excluding hydrogens is 389 g/mol. The minimum Gasteiger partial charge on any atom is -0.494 e. The number of benzene rings is 1. The average Bonchev–Trinajstić information content (AvgIpc) is 3.03. The highest BCUT2D eigenvalue weighted by Gasteiger charge is 2.38. The van der Waals surface area contributed by atoms with Crippen molar-refractivity contribution in [3.8, 4) is 5.75 Å². The maximum atomic E-state index is 6.03. The van der Waals surface area contributed by atoms with Crippen LogP contribution in [0.2, 0.25) is 0 Å². The van der Waals surface area contributed by atoms with Gasteiger partial charge in [0, 0.05) is 12.0 Å². The first-order valence-corrected chi connectivity index (χ1v) is 8.09. The van der Waals surface area contributed by atoms with Crippen LogP contribution in [0.4, 0.5) is 0 Å². The molecule has 3 N–H and O–H groups in total. The molecule has 22 heavy (non-hydrogen) atoms. The Hall–Kier alpha value is -0.980. The first-order chi connectivity index (χ1) is 10.3. The van der Waals surface area contributed by atoms with Crippen LogP contribution in [-0.2, 0) is 0 Å². The van der Waals surface area contributed by atoms with E-state index in [0.717, 1.165) is 12.2 Å². The number of guanidine groups is 1. The number of hydrogen-bond donors (Lipinski definition) is 2. The Morgan fingerprint density at radius 2 is 2.14 bits per heavy atom. The van der Waals surface area contributed by atoms with Crippen LogP contribution >= 0.6 is 24.0 Å². The van der Waals surface area contributed by atoms with Gasteiger partial charge in [-0.05, 0) is 43.9 Å². The van der Waals surface area contributed by atoms with Gasteiger partial charge in [-0.1, -0.05) is 25.0 Å². The number of hydrogen-bond acceptors (Lipinski definition) is 2. The molecule has 3 rings (SSSR count). The number of halogens is 1. The van der Waals surface area contributed by atoms with Crippen molar-refractivity contribution in [1.82, 2.24) is 5.32 Å².